The van der Waals surface area contributed by atoms with Crippen molar-refractivity contribution in [3.8, 4) is 0 Å². The minimum Gasteiger partial charge on any atom is -0.353 e. The van der Waals surface area contributed by atoms with Gasteiger partial charge in [-0.2, -0.15) is 0 Å². The molecule has 0 bridgehead atoms. The summed E-state index contributed by atoms with van der Waals surface area (Å²) in [4.78, 5) is 12.5. The Morgan fingerprint density at radius 3 is 2.38 bits per heavy atom. The van der Waals surface area contributed by atoms with Gasteiger partial charge in [-0.15, -0.1) is 11.3 Å². The number of carbonyl (C=O) groups excluding carboxylic acids is 1. The number of amides is 1. The van der Waals surface area contributed by atoms with E-state index in [1.165, 1.54) is 30.6 Å². The van der Waals surface area contributed by atoms with Crippen LogP contribution in [0.4, 0.5) is 0 Å². The van der Waals surface area contributed by atoms with Crippen molar-refractivity contribution in [3.63, 3.8) is 0 Å². The van der Waals surface area contributed by atoms with Crippen LogP contribution >= 0.6 is 27.3 Å². The van der Waals surface area contributed by atoms with E-state index in [-0.39, 0.29) is 11.8 Å². The zero-order chi connectivity index (χ0) is 18.6. The second kappa shape index (κ2) is 9.17. The zero-order valence-corrected chi connectivity index (χ0v) is 18.1. The van der Waals surface area contributed by atoms with E-state index >= 15 is 0 Å². The summed E-state index contributed by atoms with van der Waals surface area (Å²) in [6.45, 7) is 0.453. The molecule has 0 spiro atoms. The molecule has 2 fully saturated rings. The molecule has 0 aliphatic heterocycles. The first-order valence-electron chi connectivity index (χ1n) is 9.49. The maximum Gasteiger partial charge on any atom is 0.250 e. The molecule has 0 unspecified atom stereocenters. The first-order valence-corrected chi connectivity index (χ1v) is 12.6. The second-order valence-electron chi connectivity index (χ2n) is 7.47. The van der Waals surface area contributed by atoms with E-state index in [9.17, 15) is 13.2 Å². The highest BCUT2D eigenvalue weighted by molar-refractivity contribution is 9.11. The number of carbonyl (C=O) groups is 1. The van der Waals surface area contributed by atoms with Crippen LogP contribution in [0.15, 0.2) is 20.1 Å². The highest BCUT2D eigenvalue weighted by atomic mass is 79.9. The maximum absolute atomic E-state index is 12.5. The Labute approximate surface area is 168 Å². The van der Waals surface area contributed by atoms with Crippen molar-refractivity contribution in [3.05, 3.63) is 15.9 Å². The van der Waals surface area contributed by atoms with Gasteiger partial charge in [-0.3, -0.25) is 4.79 Å². The number of thiophene rings is 1. The van der Waals surface area contributed by atoms with E-state index in [4.69, 9.17) is 0 Å². The summed E-state index contributed by atoms with van der Waals surface area (Å²) in [6, 6.07) is 3.73. The summed E-state index contributed by atoms with van der Waals surface area (Å²) in [6.07, 6.45) is 9.47. The number of sulfonamides is 1. The maximum atomic E-state index is 12.5. The molecule has 2 aliphatic carbocycles. The molecule has 1 heterocycles. The van der Waals surface area contributed by atoms with Crippen molar-refractivity contribution >= 4 is 43.2 Å². The monoisotopic (exact) mass is 462 g/mol. The summed E-state index contributed by atoms with van der Waals surface area (Å²) in [5.41, 5.74) is 0. The minimum absolute atomic E-state index is 0.0954. The van der Waals surface area contributed by atoms with Crippen LogP contribution < -0.4 is 10.0 Å². The molecule has 1 aromatic rings. The smallest absolute Gasteiger partial charge is 0.250 e. The Balaban J connectivity index is 1.41. The second-order valence-corrected chi connectivity index (χ2v) is 11.9. The van der Waals surface area contributed by atoms with Crippen molar-refractivity contribution in [2.45, 2.75) is 68.0 Å². The van der Waals surface area contributed by atoms with Crippen LogP contribution in [0, 0.1) is 11.8 Å². The van der Waals surface area contributed by atoms with Crippen LogP contribution in [0.3, 0.4) is 0 Å². The molecule has 146 valence electrons. The Bertz CT molecular complexity index is 706. The van der Waals surface area contributed by atoms with E-state index in [1.54, 1.807) is 12.1 Å². The quantitative estimate of drug-likeness (QED) is 0.669. The average molecular weight is 463 g/mol. The first kappa shape index (κ1) is 20.3. The highest BCUT2D eigenvalue weighted by Gasteiger charge is 2.29. The van der Waals surface area contributed by atoms with Gasteiger partial charge in [0.15, 0.2) is 0 Å². The van der Waals surface area contributed by atoms with Crippen molar-refractivity contribution < 1.29 is 13.2 Å². The molecule has 0 aromatic carbocycles. The molecule has 2 saturated carbocycles. The van der Waals surface area contributed by atoms with Crippen molar-refractivity contribution in [2.24, 2.45) is 11.8 Å². The molecular weight excluding hydrogens is 436 g/mol. The van der Waals surface area contributed by atoms with Gasteiger partial charge in [0.05, 0.1) is 3.79 Å². The van der Waals surface area contributed by atoms with Crippen LogP contribution in [0.25, 0.3) is 0 Å². The van der Waals surface area contributed by atoms with Crippen LogP contribution in [0.1, 0.15) is 57.8 Å². The van der Waals surface area contributed by atoms with Gasteiger partial charge in [0.2, 0.25) is 15.9 Å². The fraction of sp³-hybridized carbons (Fsp3) is 0.722. The van der Waals surface area contributed by atoms with E-state index in [1.807, 2.05) is 0 Å². The largest absolute Gasteiger partial charge is 0.353 e. The van der Waals surface area contributed by atoms with Gasteiger partial charge in [0.1, 0.15) is 4.21 Å². The van der Waals surface area contributed by atoms with Gasteiger partial charge in [0, 0.05) is 18.5 Å². The average Bonchev–Trinajstić information content (AvgIpc) is 3.09. The van der Waals surface area contributed by atoms with Gasteiger partial charge in [-0.25, -0.2) is 13.1 Å². The standard InChI is InChI=1S/C18H27BrN2O3S2/c19-16-10-11-17(25-16)26(23,24)20-12-13-6-8-14(9-7-13)18(22)21-15-4-2-1-3-5-15/h10-11,13-15,20H,1-9,12H2,(H,21,22). The third kappa shape index (κ3) is 5.53. The van der Waals surface area contributed by atoms with Gasteiger partial charge in [-0.1, -0.05) is 19.3 Å². The minimum atomic E-state index is -3.43. The molecule has 0 saturated heterocycles. The Hall–Kier alpha value is -0.440. The van der Waals surface area contributed by atoms with Crippen molar-refractivity contribution in [1.82, 2.24) is 10.0 Å². The molecule has 0 radical (unpaired) electrons. The van der Waals surface area contributed by atoms with Crippen molar-refractivity contribution in [1.29, 1.82) is 0 Å². The molecule has 1 amide bonds. The highest BCUT2D eigenvalue weighted by Crippen LogP contribution is 2.30. The Kier molecular flexibility index (Phi) is 7.16. The Morgan fingerprint density at radius 2 is 1.77 bits per heavy atom. The molecule has 5 nitrogen and oxygen atoms in total. The molecule has 1 aromatic heterocycles. The molecule has 8 heteroatoms. The van der Waals surface area contributed by atoms with Crippen LogP contribution in [-0.4, -0.2) is 26.9 Å². The third-order valence-electron chi connectivity index (χ3n) is 5.54. The van der Waals surface area contributed by atoms with E-state index < -0.39 is 10.0 Å². The van der Waals surface area contributed by atoms with Crippen LogP contribution in [0.5, 0.6) is 0 Å². The summed E-state index contributed by atoms with van der Waals surface area (Å²) < 4.78 is 28.5. The SMILES string of the molecule is O=C(NC1CCCCC1)C1CCC(CNS(=O)(=O)c2ccc(Br)s2)CC1. The van der Waals surface area contributed by atoms with Gasteiger partial charge < -0.3 is 5.32 Å². The number of halogens is 1. The summed E-state index contributed by atoms with van der Waals surface area (Å²) >= 11 is 4.51. The lowest BCUT2D eigenvalue weighted by Gasteiger charge is -2.30. The summed E-state index contributed by atoms with van der Waals surface area (Å²) in [7, 11) is -3.43. The number of hydrogen-bond donors (Lipinski definition) is 2. The lowest BCUT2D eigenvalue weighted by molar-refractivity contribution is -0.127. The summed E-state index contributed by atoms with van der Waals surface area (Å²) in [5.74, 6) is 0.615. The number of hydrogen-bond acceptors (Lipinski definition) is 4. The van der Waals surface area contributed by atoms with E-state index in [0.717, 1.165) is 42.3 Å². The Morgan fingerprint density at radius 1 is 1.08 bits per heavy atom. The molecule has 2 aliphatic rings. The normalized spacial score (nSPS) is 25.1. The lowest BCUT2D eigenvalue weighted by Crippen LogP contribution is -2.41. The third-order valence-corrected chi connectivity index (χ3v) is 9.08. The topological polar surface area (TPSA) is 75.3 Å². The van der Waals surface area contributed by atoms with Gasteiger partial charge in [-0.05, 0) is 72.5 Å². The van der Waals surface area contributed by atoms with Gasteiger partial charge in [0.25, 0.3) is 0 Å². The van der Waals surface area contributed by atoms with Crippen molar-refractivity contribution in [2.75, 3.05) is 6.54 Å². The molecule has 0 atom stereocenters. The molecular formula is C18H27BrN2O3S2. The van der Waals surface area contributed by atoms with E-state index in [2.05, 4.69) is 26.0 Å². The molecule has 3 rings (SSSR count). The molecule has 26 heavy (non-hydrogen) atoms. The first-order chi connectivity index (χ1) is 12.4. The lowest BCUT2D eigenvalue weighted by atomic mass is 9.81. The molecule has 2 N–H and O–H groups in total. The van der Waals surface area contributed by atoms with Crippen LogP contribution in [-0.2, 0) is 14.8 Å². The fourth-order valence-electron chi connectivity index (χ4n) is 3.94. The fourth-order valence-corrected chi connectivity index (χ4v) is 7.11. The van der Waals surface area contributed by atoms with Gasteiger partial charge >= 0.3 is 0 Å². The van der Waals surface area contributed by atoms with Crippen LogP contribution in [0.2, 0.25) is 0 Å². The number of rotatable bonds is 6. The predicted octanol–water partition coefficient (Wildman–Crippen LogP) is 4.04. The number of nitrogens with one attached hydrogen (secondary N) is 2. The zero-order valence-electron chi connectivity index (χ0n) is 14.9. The summed E-state index contributed by atoms with van der Waals surface area (Å²) in [5, 5.41) is 3.23. The van der Waals surface area contributed by atoms with E-state index in [0.29, 0.717) is 22.7 Å². The predicted molar refractivity (Wildman–Crippen MR) is 108 cm³/mol.